The average Bonchev–Trinajstić information content (AvgIpc) is 2.44. The van der Waals surface area contributed by atoms with Gasteiger partial charge in [0.25, 0.3) is 0 Å². The summed E-state index contributed by atoms with van der Waals surface area (Å²) in [6.07, 6.45) is 3.97. The van der Waals surface area contributed by atoms with E-state index >= 15 is 0 Å². The molecule has 6 nitrogen and oxygen atoms in total. The van der Waals surface area contributed by atoms with Gasteiger partial charge in [-0.1, -0.05) is 0 Å². The molecule has 0 fully saturated rings. The molecule has 0 radical (unpaired) electrons. The van der Waals surface area contributed by atoms with E-state index in [1.165, 1.54) is 6.92 Å². The first-order valence-corrected chi connectivity index (χ1v) is 7.73. The summed E-state index contributed by atoms with van der Waals surface area (Å²) >= 11 is 0. The third-order valence-electron chi connectivity index (χ3n) is 3.63. The van der Waals surface area contributed by atoms with E-state index in [2.05, 4.69) is 4.99 Å². The van der Waals surface area contributed by atoms with E-state index < -0.39 is 0 Å². The number of hydrogen-bond donors (Lipinski definition) is 3. The Balaban J connectivity index is 4.53. The van der Waals surface area contributed by atoms with Crippen LogP contribution < -0.4 is 22.3 Å². The maximum atomic E-state index is 10.9. The van der Waals surface area contributed by atoms with Gasteiger partial charge < -0.3 is 31.8 Å². The number of nitrogens with two attached hydrogens (primary N) is 3. The average molecular weight is 287 g/mol. The molecule has 0 spiro atoms. The Morgan fingerprint density at radius 2 is 1.25 bits per heavy atom. The number of nitrogens with zero attached hydrogens (tertiary/aromatic N) is 2. The molecule has 0 bridgehead atoms. The van der Waals surface area contributed by atoms with Gasteiger partial charge in [0, 0.05) is 32.2 Å². The van der Waals surface area contributed by atoms with Crippen LogP contribution in [-0.2, 0) is 0 Å². The molecule has 0 aromatic heterocycles. The van der Waals surface area contributed by atoms with Gasteiger partial charge in [-0.2, -0.15) is 0 Å². The summed E-state index contributed by atoms with van der Waals surface area (Å²) in [4.78, 5) is 3.95. The Morgan fingerprint density at radius 3 is 1.60 bits per heavy atom. The molecule has 0 aliphatic carbocycles. The monoisotopic (exact) mass is 287 g/mol. The molecule has 6 heteroatoms. The van der Waals surface area contributed by atoms with Gasteiger partial charge in [0.05, 0.1) is 26.2 Å². The van der Waals surface area contributed by atoms with E-state index in [1.54, 1.807) is 0 Å². The van der Waals surface area contributed by atoms with E-state index in [-0.39, 0.29) is 5.90 Å². The zero-order valence-electron chi connectivity index (χ0n) is 13.0. The molecule has 0 heterocycles. The molecule has 0 rings (SSSR count). The first-order valence-electron chi connectivity index (χ1n) is 7.73. The fourth-order valence-corrected chi connectivity index (χ4v) is 2.59. The largest absolute Gasteiger partial charge is 0.862 e. The first-order chi connectivity index (χ1) is 9.60. The molecule has 20 heavy (non-hydrogen) atoms. The van der Waals surface area contributed by atoms with Crippen LogP contribution in [0.4, 0.5) is 0 Å². The van der Waals surface area contributed by atoms with Gasteiger partial charge in [0.2, 0.25) is 0 Å². The van der Waals surface area contributed by atoms with E-state index in [0.29, 0.717) is 26.2 Å². The minimum Gasteiger partial charge on any atom is -0.862 e. The second-order valence-electron chi connectivity index (χ2n) is 5.42. The molecule has 0 atom stereocenters. The van der Waals surface area contributed by atoms with Gasteiger partial charge in [-0.3, -0.25) is 0 Å². The van der Waals surface area contributed by atoms with Crippen molar-refractivity contribution in [3.8, 4) is 0 Å². The lowest BCUT2D eigenvalue weighted by Crippen LogP contribution is -2.52. The molecule has 0 saturated carbocycles. The molecule has 0 saturated heterocycles. The summed E-state index contributed by atoms with van der Waals surface area (Å²) in [6.45, 7) is 8.47. The highest BCUT2D eigenvalue weighted by atomic mass is 16.3. The molecule has 0 unspecified atom stereocenters. The Hall–Kier alpha value is -0.690. The molecule has 0 aromatic carbocycles. The maximum Gasteiger partial charge on any atom is 0.0804 e. The number of aliphatic imine (C=N–C) groups is 1. The summed E-state index contributed by atoms with van der Waals surface area (Å²) < 4.78 is 1.01. The van der Waals surface area contributed by atoms with Crippen molar-refractivity contribution < 1.29 is 9.59 Å². The van der Waals surface area contributed by atoms with Crippen LogP contribution in [-0.4, -0.2) is 62.7 Å². The molecule has 6 N–H and O–H groups in total. The minimum absolute atomic E-state index is 0.0889. The van der Waals surface area contributed by atoms with Crippen molar-refractivity contribution in [2.24, 2.45) is 22.2 Å². The van der Waals surface area contributed by atoms with Crippen molar-refractivity contribution in [1.29, 1.82) is 0 Å². The predicted molar refractivity (Wildman–Crippen MR) is 83.3 cm³/mol. The highest BCUT2D eigenvalue weighted by molar-refractivity contribution is 5.67. The summed E-state index contributed by atoms with van der Waals surface area (Å²) in [5, 5.41) is 10.9. The van der Waals surface area contributed by atoms with Crippen LogP contribution in [0, 0.1) is 0 Å². The first kappa shape index (κ1) is 19.3. The molecular weight excluding hydrogens is 254 g/mol. The van der Waals surface area contributed by atoms with E-state index in [9.17, 15) is 5.11 Å². The predicted octanol–water partition coefficient (Wildman–Crippen LogP) is -0.982. The number of hydrogen-bond acceptors (Lipinski definition) is 5. The van der Waals surface area contributed by atoms with Crippen molar-refractivity contribution in [1.82, 2.24) is 0 Å². The van der Waals surface area contributed by atoms with Crippen molar-refractivity contribution >= 4 is 5.90 Å². The van der Waals surface area contributed by atoms with E-state index in [4.69, 9.17) is 17.2 Å². The van der Waals surface area contributed by atoms with Gasteiger partial charge in [-0.25, -0.2) is 0 Å². The van der Waals surface area contributed by atoms with Crippen LogP contribution >= 0.6 is 0 Å². The van der Waals surface area contributed by atoms with Crippen molar-refractivity contribution in [3.63, 3.8) is 0 Å². The molecule has 0 aromatic rings. The highest BCUT2D eigenvalue weighted by Gasteiger charge is 2.25. The SMILES string of the molecule is CC([O-])=NCCC[N+](CCCN)(CCCN)CCCN. The zero-order chi connectivity index (χ0) is 15.3. The number of rotatable bonds is 13. The lowest BCUT2D eigenvalue weighted by atomic mass is 10.2. The Morgan fingerprint density at radius 1 is 0.850 bits per heavy atom. The smallest absolute Gasteiger partial charge is 0.0804 e. The Kier molecular flexibility index (Phi) is 11.7. The summed E-state index contributed by atoms with van der Waals surface area (Å²) in [5.74, 6) is -0.0889. The third kappa shape index (κ3) is 9.25. The topological polar surface area (TPSA) is 113 Å². The lowest BCUT2D eigenvalue weighted by Gasteiger charge is -2.39. The van der Waals surface area contributed by atoms with Gasteiger partial charge in [0.15, 0.2) is 0 Å². The van der Waals surface area contributed by atoms with E-state index in [0.717, 1.165) is 56.3 Å². The molecule has 120 valence electrons. The van der Waals surface area contributed by atoms with Gasteiger partial charge in [0.1, 0.15) is 0 Å². The molecule has 0 aliphatic heterocycles. The summed E-state index contributed by atoms with van der Waals surface area (Å²) in [5.41, 5.74) is 17.0. The summed E-state index contributed by atoms with van der Waals surface area (Å²) in [6, 6.07) is 0. The fraction of sp³-hybridized carbons (Fsp3) is 0.929. The summed E-state index contributed by atoms with van der Waals surface area (Å²) in [7, 11) is 0. The highest BCUT2D eigenvalue weighted by Crippen LogP contribution is 2.13. The van der Waals surface area contributed by atoms with Gasteiger partial charge in [-0.15, -0.1) is 0 Å². The molecule has 0 amide bonds. The Bertz CT molecular complexity index is 232. The van der Waals surface area contributed by atoms with Crippen LogP contribution in [0.15, 0.2) is 4.99 Å². The Labute approximate surface area is 123 Å². The van der Waals surface area contributed by atoms with Crippen LogP contribution in [0.2, 0.25) is 0 Å². The number of quaternary nitrogens is 1. The van der Waals surface area contributed by atoms with Gasteiger partial charge >= 0.3 is 0 Å². The van der Waals surface area contributed by atoms with Gasteiger partial charge in [-0.05, 0) is 32.5 Å². The maximum absolute atomic E-state index is 10.9. The second kappa shape index (κ2) is 12.1. The van der Waals surface area contributed by atoms with Crippen LogP contribution in [0.25, 0.3) is 0 Å². The molecular formula is C14H33N5O. The van der Waals surface area contributed by atoms with Crippen LogP contribution in [0.3, 0.4) is 0 Å². The van der Waals surface area contributed by atoms with Crippen molar-refractivity contribution in [2.45, 2.75) is 32.6 Å². The van der Waals surface area contributed by atoms with Crippen molar-refractivity contribution in [3.05, 3.63) is 0 Å². The second-order valence-corrected chi connectivity index (χ2v) is 5.42. The zero-order valence-corrected chi connectivity index (χ0v) is 13.0. The normalized spacial score (nSPS) is 12.9. The lowest BCUT2D eigenvalue weighted by molar-refractivity contribution is -0.928. The van der Waals surface area contributed by atoms with Crippen LogP contribution in [0.5, 0.6) is 0 Å². The minimum atomic E-state index is -0.0889. The quantitative estimate of drug-likeness (QED) is 0.175. The van der Waals surface area contributed by atoms with Crippen molar-refractivity contribution in [2.75, 3.05) is 52.4 Å². The standard InChI is InChI=1S/C14H33N5O/c1-14(20)18-9-5-13-19(10-2-6-15,11-3-7-16)12-4-8-17/h2-13,15-17H2,1H3. The fourth-order valence-electron chi connectivity index (χ4n) is 2.59. The van der Waals surface area contributed by atoms with E-state index in [1.807, 2.05) is 0 Å². The molecule has 0 aliphatic rings. The third-order valence-corrected chi connectivity index (χ3v) is 3.63. The van der Waals surface area contributed by atoms with Crippen LogP contribution in [0.1, 0.15) is 32.6 Å².